The number of hydrogen-bond donors (Lipinski definition) is 0. The molecule has 3 nitrogen and oxygen atoms in total. The lowest BCUT2D eigenvalue weighted by Crippen LogP contribution is -2.10. The first-order valence-electron chi connectivity index (χ1n) is 5.93. The smallest absolute Gasteiger partial charge is 0.309 e. The van der Waals surface area contributed by atoms with E-state index >= 15 is 0 Å². The Morgan fingerprint density at radius 3 is 3.12 bits per heavy atom. The van der Waals surface area contributed by atoms with Gasteiger partial charge in [-0.1, -0.05) is 23.8 Å². The Morgan fingerprint density at radius 1 is 1.59 bits per heavy atom. The van der Waals surface area contributed by atoms with Crippen LogP contribution in [-0.4, -0.2) is 12.6 Å². The maximum absolute atomic E-state index is 11.7. The number of fused-ring (bicyclic) bond motifs is 3. The molecule has 1 saturated carbocycles. The highest BCUT2D eigenvalue weighted by Gasteiger charge is 2.60. The molecular weight excluding hydrogens is 214 g/mol. The van der Waals surface area contributed by atoms with E-state index in [0.717, 1.165) is 6.42 Å². The Hall–Kier alpha value is -1.82. The molecule has 17 heavy (non-hydrogen) atoms. The molecule has 2 aliphatic rings. The van der Waals surface area contributed by atoms with E-state index in [1.807, 2.05) is 25.1 Å². The fourth-order valence-corrected chi connectivity index (χ4v) is 3.03. The maximum Gasteiger partial charge on any atom is 0.309 e. The third-order valence-electron chi connectivity index (χ3n) is 3.80. The quantitative estimate of drug-likeness (QED) is 0.574. The van der Waals surface area contributed by atoms with Crippen LogP contribution in [0.25, 0.3) is 4.85 Å². The van der Waals surface area contributed by atoms with E-state index in [-0.39, 0.29) is 11.9 Å². The first-order chi connectivity index (χ1) is 8.26. The number of rotatable bonds is 2. The zero-order valence-corrected chi connectivity index (χ0v) is 9.64. The van der Waals surface area contributed by atoms with Crippen LogP contribution in [0, 0.1) is 18.4 Å². The highest BCUT2D eigenvalue weighted by molar-refractivity contribution is 5.80. The molecule has 0 amide bonds. The van der Waals surface area contributed by atoms with Crippen molar-refractivity contribution >= 4 is 11.7 Å². The number of carbonyl (C=O) groups excluding carboxylic acids is 1. The van der Waals surface area contributed by atoms with Crippen molar-refractivity contribution < 1.29 is 9.53 Å². The summed E-state index contributed by atoms with van der Waals surface area (Å²) in [4.78, 5) is 15.1. The van der Waals surface area contributed by atoms with Gasteiger partial charge in [0.1, 0.15) is 0 Å². The second kappa shape index (κ2) is 3.59. The van der Waals surface area contributed by atoms with Crippen LogP contribution in [0.2, 0.25) is 0 Å². The molecule has 1 aromatic carbocycles. The van der Waals surface area contributed by atoms with Crippen LogP contribution in [0.5, 0.6) is 0 Å². The predicted octanol–water partition coefficient (Wildman–Crippen LogP) is 2.69. The molecule has 0 spiro atoms. The minimum absolute atomic E-state index is 0.0533. The van der Waals surface area contributed by atoms with Crippen molar-refractivity contribution in [2.45, 2.75) is 19.3 Å². The molecule has 3 atom stereocenters. The van der Waals surface area contributed by atoms with Gasteiger partial charge in [0.15, 0.2) is 5.69 Å². The Bertz CT molecular complexity index is 530. The van der Waals surface area contributed by atoms with Gasteiger partial charge < -0.3 is 4.74 Å². The molecule has 0 aliphatic heterocycles. The maximum atomic E-state index is 11.7. The zero-order valence-electron chi connectivity index (χ0n) is 9.64. The Balaban J connectivity index is 1.83. The summed E-state index contributed by atoms with van der Waals surface area (Å²) < 4.78 is 5.07. The van der Waals surface area contributed by atoms with E-state index in [0.29, 0.717) is 24.1 Å². The highest BCUT2D eigenvalue weighted by Crippen LogP contribution is 2.62. The summed E-state index contributed by atoms with van der Waals surface area (Å²) in [6, 6.07) is 5.80. The van der Waals surface area contributed by atoms with Gasteiger partial charge in [0, 0.05) is 5.92 Å². The number of benzene rings is 1. The van der Waals surface area contributed by atoms with Crippen molar-refractivity contribution in [2.75, 3.05) is 6.61 Å². The van der Waals surface area contributed by atoms with E-state index in [2.05, 4.69) is 4.85 Å². The molecule has 0 saturated heterocycles. The predicted molar refractivity (Wildman–Crippen MR) is 62.8 cm³/mol. The summed E-state index contributed by atoms with van der Waals surface area (Å²) in [5.74, 6) is 0.789. The van der Waals surface area contributed by atoms with E-state index < -0.39 is 0 Å². The minimum Gasteiger partial charge on any atom is -0.466 e. The fraction of sp³-hybridized carbons (Fsp3) is 0.429. The van der Waals surface area contributed by atoms with Crippen molar-refractivity contribution in [3.05, 3.63) is 40.7 Å². The van der Waals surface area contributed by atoms with Crippen LogP contribution in [0.15, 0.2) is 18.2 Å². The molecule has 0 aromatic heterocycles. The molecule has 1 fully saturated rings. The Morgan fingerprint density at radius 2 is 2.41 bits per heavy atom. The van der Waals surface area contributed by atoms with Gasteiger partial charge in [0.25, 0.3) is 0 Å². The standard InChI is InChI=1S/C14H13NO2/c1-3-17-14(16)13-11-7-8-6-9(15-2)4-5-10(8)12(11)13/h4-6,11-13H,3,7H2,1H3/t11-,12+,13-/m1/s1. The Kier molecular flexibility index (Phi) is 2.19. The van der Waals surface area contributed by atoms with Crippen molar-refractivity contribution in [1.82, 2.24) is 0 Å². The topological polar surface area (TPSA) is 30.7 Å². The van der Waals surface area contributed by atoms with Gasteiger partial charge in [-0.25, -0.2) is 4.85 Å². The first-order valence-corrected chi connectivity index (χ1v) is 5.93. The number of nitrogens with zero attached hydrogens (tertiary/aromatic N) is 1. The SMILES string of the molecule is [C-]#[N+]c1ccc2c(c1)C[C@H]1[C@@H](C(=O)OCC)[C@@H]21. The minimum atomic E-state index is -0.0533. The largest absolute Gasteiger partial charge is 0.466 e. The molecule has 0 heterocycles. The van der Waals surface area contributed by atoms with Crippen LogP contribution < -0.4 is 0 Å². The summed E-state index contributed by atoms with van der Waals surface area (Å²) in [6.07, 6.45) is 0.923. The van der Waals surface area contributed by atoms with Crippen molar-refractivity contribution in [1.29, 1.82) is 0 Å². The van der Waals surface area contributed by atoms with Gasteiger partial charge >= 0.3 is 5.97 Å². The second-order valence-corrected chi connectivity index (χ2v) is 4.67. The molecule has 0 unspecified atom stereocenters. The molecule has 0 radical (unpaired) electrons. The van der Waals surface area contributed by atoms with Crippen molar-refractivity contribution in [3.63, 3.8) is 0 Å². The van der Waals surface area contributed by atoms with Gasteiger partial charge in [0.05, 0.1) is 19.1 Å². The lowest BCUT2D eigenvalue weighted by atomic mass is 10.0. The molecule has 1 aromatic rings. The zero-order chi connectivity index (χ0) is 12.0. The number of esters is 1. The molecule has 2 aliphatic carbocycles. The van der Waals surface area contributed by atoms with Crippen LogP contribution in [0.3, 0.4) is 0 Å². The molecule has 3 heteroatoms. The second-order valence-electron chi connectivity index (χ2n) is 4.67. The average molecular weight is 227 g/mol. The van der Waals surface area contributed by atoms with Crippen molar-refractivity contribution in [2.24, 2.45) is 11.8 Å². The van der Waals surface area contributed by atoms with Gasteiger partial charge in [-0.2, -0.15) is 0 Å². The van der Waals surface area contributed by atoms with Gasteiger partial charge in [-0.15, -0.1) is 0 Å². The third-order valence-corrected chi connectivity index (χ3v) is 3.80. The third kappa shape index (κ3) is 1.44. The normalized spacial score (nSPS) is 27.9. The van der Waals surface area contributed by atoms with Crippen LogP contribution >= 0.6 is 0 Å². The summed E-state index contributed by atoms with van der Waals surface area (Å²) in [6.45, 7) is 9.28. The highest BCUT2D eigenvalue weighted by atomic mass is 16.5. The average Bonchev–Trinajstić information content (AvgIpc) is 2.92. The van der Waals surface area contributed by atoms with Gasteiger partial charge in [-0.3, -0.25) is 4.79 Å². The van der Waals surface area contributed by atoms with Crippen molar-refractivity contribution in [3.8, 4) is 0 Å². The summed E-state index contributed by atoms with van der Waals surface area (Å²) >= 11 is 0. The number of ether oxygens (including phenoxy) is 1. The Labute approximate surface area is 100 Å². The van der Waals surface area contributed by atoms with E-state index in [1.165, 1.54) is 11.1 Å². The molecule has 3 rings (SSSR count). The molecular formula is C14H13NO2. The van der Waals surface area contributed by atoms with Crippen LogP contribution in [0.4, 0.5) is 5.69 Å². The van der Waals surface area contributed by atoms with E-state index in [9.17, 15) is 4.79 Å². The van der Waals surface area contributed by atoms with Crippen LogP contribution in [0.1, 0.15) is 24.0 Å². The lowest BCUT2D eigenvalue weighted by Gasteiger charge is -2.07. The molecule has 0 N–H and O–H groups in total. The number of carbonyl (C=O) groups is 1. The van der Waals surface area contributed by atoms with Gasteiger partial charge in [0.2, 0.25) is 0 Å². The fourth-order valence-electron chi connectivity index (χ4n) is 3.03. The summed E-state index contributed by atoms with van der Waals surface area (Å²) in [7, 11) is 0. The molecule has 86 valence electrons. The lowest BCUT2D eigenvalue weighted by molar-refractivity contribution is -0.145. The van der Waals surface area contributed by atoms with E-state index in [1.54, 1.807) is 0 Å². The summed E-state index contributed by atoms with van der Waals surface area (Å²) in [5, 5.41) is 0. The van der Waals surface area contributed by atoms with Gasteiger partial charge in [-0.05, 0) is 24.8 Å². The molecule has 0 bridgehead atoms. The van der Waals surface area contributed by atoms with Crippen LogP contribution in [-0.2, 0) is 16.0 Å². The monoisotopic (exact) mass is 227 g/mol. The number of hydrogen-bond acceptors (Lipinski definition) is 2. The summed E-state index contributed by atoms with van der Waals surface area (Å²) in [5.41, 5.74) is 3.19. The van der Waals surface area contributed by atoms with E-state index in [4.69, 9.17) is 11.3 Å². The first kappa shape index (κ1) is 10.3.